The first-order valence-corrected chi connectivity index (χ1v) is 4.86. The zero-order valence-corrected chi connectivity index (χ0v) is 9.46. The molecule has 1 saturated carbocycles. The van der Waals surface area contributed by atoms with E-state index in [1.165, 1.54) is 12.3 Å². The molecule has 1 heterocycles. The molecule has 1 aromatic rings. The second kappa shape index (κ2) is 4.67. The Bertz CT molecular complexity index is 393. The topological polar surface area (TPSA) is 88.2 Å². The number of aromatic nitrogens is 1. The van der Waals surface area contributed by atoms with Crippen LogP contribution in [0.15, 0.2) is 18.3 Å². The summed E-state index contributed by atoms with van der Waals surface area (Å²) < 4.78 is 0. The molecule has 16 heavy (non-hydrogen) atoms. The molecule has 1 amide bonds. The zero-order valence-electron chi connectivity index (χ0n) is 8.64. The predicted molar refractivity (Wildman–Crippen MR) is 62.5 cm³/mol. The molecule has 1 aliphatic carbocycles. The van der Waals surface area contributed by atoms with Crippen LogP contribution in [0.1, 0.15) is 19.3 Å². The summed E-state index contributed by atoms with van der Waals surface area (Å²) in [5, 5.41) is 11.9. The van der Waals surface area contributed by atoms with E-state index in [0.29, 0.717) is 12.8 Å². The van der Waals surface area contributed by atoms with E-state index >= 15 is 0 Å². The average Bonchev–Trinajstić information content (AvgIpc) is 2.18. The highest BCUT2D eigenvalue weighted by molar-refractivity contribution is 5.98. The Kier molecular flexibility index (Phi) is 3.72. The minimum Gasteiger partial charge on any atom is -0.504 e. The lowest BCUT2D eigenvalue weighted by Crippen LogP contribution is -2.56. The maximum absolute atomic E-state index is 11.7. The Morgan fingerprint density at radius 2 is 2.25 bits per heavy atom. The number of hydrogen-bond donors (Lipinski definition) is 3. The van der Waals surface area contributed by atoms with Gasteiger partial charge in [-0.15, -0.1) is 12.4 Å². The standard InChI is InChI=1S/C10H13N3O2.ClH/c11-10(4-2-5-10)9(15)13-8-7(14)3-1-6-12-8;/h1,3,6,14H,2,4-5,11H2,(H,12,13,15);1H. The van der Waals surface area contributed by atoms with E-state index in [2.05, 4.69) is 10.3 Å². The molecule has 4 N–H and O–H groups in total. The van der Waals surface area contributed by atoms with Crippen LogP contribution in [0, 0.1) is 0 Å². The zero-order chi connectivity index (χ0) is 10.9. The molecule has 0 saturated heterocycles. The number of nitrogens with two attached hydrogens (primary N) is 1. The number of carbonyl (C=O) groups excluding carboxylic acids is 1. The van der Waals surface area contributed by atoms with Crippen LogP contribution in [-0.4, -0.2) is 21.5 Å². The highest BCUT2D eigenvalue weighted by atomic mass is 35.5. The predicted octanol–water partition coefficient (Wildman–Crippen LogP) is 1.03. The molecule has 6 heteroatoms. The lowest BCUT2D eigenvalue weighted by atomic mass is 9.77. The van der Waals surface area contributed by atoms with Crippen LogP contribution >= 0.6 is 12.4 Å². The molecule has 2 rings (SSSR count). The molecule has 0 aromatic carbocycles. The number of nitrogens with zero attached hydrogens (tertiary/aromatic N) is 1. The normalized spacial score (nSPS) is 16.8. The van der Waals surface area contributed by atoms with E-state index < -0.39 is 5.54 Å². The smallest absolute Gasteiger partial charge is 0.245 e. The van der Waals surface area contributed by atoms with Gasteiger partial charge < -0.3 is 16.2 Å². The van der Waals surface area contributed by atoms with E-state index in [0.717, 1.165) is 6.42 Å². The van der Waals surface area contributed by atoms with Crippen molar-refractivity contribution in [3.05, 3.63) is 18.3 Å². The van der Waals surface area contributed by atoms with Crippen LogP contribution in [0.25, 0.3) is 0 Å². The second-order valence-corrected chi connectivity index (χ2v) is 3.83. The van der Waals surface area contributed by atoms with Crippen molar-refractivity contribution in [1.82, 2.24) is 4.98 Å². The van der Waals surface area contributed by atoms with Gasteiger partial charge in [-0.2, -0.15) is 0 Å². The van der Waals surface area contributed by atoms with Crippen molar-refractivity contribution in [3.63, 3.8) is 0 Å². The van der Waals surface area contributed by atoms with Crippen molar-refractivity contribution in [1.29, 1.82) is 0 Å². The second-order valence-electron chi connectivity index (χ2n) is 3.83. The van der Waals surface area contributed by atoms with E-state index in [1.807, 2.05) is 0 Å². The van der Waals surface area contributed by atoms with Crippen LogP contribution in [0.2, 0.25) is 0 Å². The maximum atomic E-state index is 11.7. The number of aromatic hydroxyl groups is 1. The SMILES string of the molecule is Cl.NC1(C(=O)Nc2ncccc2O)CCC1. The fourth-order valence-corrected chi connectivity index (χ4v) is 1.51. The van der Waals surface area contributed by atoms with Crippen LogP contribution in [0.3, 0.4) is 0 Å². The highest BCUT2D eigenvalue weighted by Gasteiger charge is 2.40. The fraction of sp³-hybridized carbons (Fsp3) is 0.400. The first-order chi connectivity index (χ1) is 7.12. The summed E-state index contributed by atoms with van der Waals surface area (Å²) in [6.07, 6.45) is 3.84. The van der Waals surface area contributed by atoms with Gasteiger partial charge in [0, 0.05) is 6.20 Å². The van der Waals surface area contributed by atoms with Gasteiger partial charge in [0.15, 0.2) is 11.6 Å². The lowest BCUT2D eigenvalue weighted by molar-refractivity contribution is -0.123. The van der Waals surface area contributed by atoms with Gasteiger partial charge in [0.1, 0.15) is 0 Å². The van der Waals surface area contributed by atoms with Gasteiger partial charge >= 0.3 is 0 Å². The first kappa shape index (κ1) is 12.7. The number of pyridine rings is 1. The molecule has 5 nitrogen and oxygen atoms in total. The Balaban J connectivity index is 0.00000128. The molecular weight excluding hydrogens is 230 g/mol. The number of amides is 1. The molecule has 1 aromatic heterocycles. The quantitative estimate of drug-likeness (QED) is 0.724. The molecule has 0 unspecified atom stereocenters. The number of carbonyl (C=O) groups is 1. The van der Waals surface area contributed by atoms with Gasteiger partial charge in [-0.25, -0.2) is 4.98 Å². The van der Waals surface area contributed by atoms with Crippen LogP contribution < -0.4 is 11.1 Å². The molecule has 0 aliphatic heterocycles. The molecule has 0 atom stereocenters. The van der Waals surface area contributed by atoms with Crippen molar-refractivity contribution in [2.24, 2.45) is 5.73 Å². The van der Waals surface area contributed by atoms with Crippen molar-refractivity contribution in [3.8, 4) is 5.75 Å². The monoisotopic (exact) mass is 243 g/mol. The summed E-state index contributed by atoms with van der Waals surface area (Å²) in [5.74, 6) is -0.157. The Morgan fingerprint density at radius 1 is 1.56 bits per heavy atom. The summed E-state index contributed by atoms with van der Waals surface area (Å²) >= 11 is 0. The van der Waals surface area contributed by atoms with Crippen molar-refractivity contribution < 1.29 is 9.90 Å². The van der Waals surface area contributed by atoms with Crippen molar-refractivity contribution >= 4 is 24.1 Å². The molecule has 1 aliphatic rings. The van der Waals surface area contributed by atoms with E-state index in [-0.39, 0.29) is 29.9 Å². The Hall–Kier alpha value is -1.33. The number of anilines is 1. The van der Waals surface area contributed by atoms with Crippen molar-refractivity contribution in [2.75, 3.05) is 5.32 Å². The Morgan fingerprint density at radius 3 is 2.75 bits per heavy atom. The lowest BCUT2D eigenvalue weighted by Gasteiger charge is -2.35. The minimum atomic E-state index is -0.774. The van der Waals surface area contributed by atoms with Gasteiger partial charge in [0.2, 0.25) is 5.91 Å². The number of nitrogens with one attached hydrogen (secondary N) is 1. The van der Waals surface area contributed by atoms with Gasteiger partial charge in [-0.05, 0) is 31.4 Å². The fourth-order valence-electron chi connectivity index (χ4n) is 1.51. The van der Waals surface area contributed by atoms with Gasteiger partial charge in [-0.3, -0.25) is 4.79 Å². The largest absolute Gasteiger partial charge is 0.504 e. The summed E-state index contributed by atoms with van der Waals surface area (Å²) in [7, 11) is 0. The van der Waals surface area contributed by atoms with Gasteiger partial charge in [-0.1, -0.05) is 0 Å². The average molecular weight is 244 g/mol. The summed E-state index contributed by atoms with van der Waals surface area (Å²) in [6, 6.07) is 3.05. The molecule has 1 fully saturated rings. The summed E-state index contributed by atoms with van der Waals surface area (Å²) in [6.45, 7) is 0. The number of halogens is 1. The van der Waals surface area contributed by atoms with Crippen LogP contribution in [-0.2, 0) is 4.79 Å². The molecular formula is C10H14ClN3O2. The molecule has 88 valence electrons. The third-order valence-corrected chi connectivity index (χ3v) is 2.72. The third-order valence-electron chi connectivity index (χ3n) is 2.72. The van der Waals surface area contributed by atoms with Gasteiger partial charge in [0.05, 0.1) is 5.54 Å². The van der Waals surface area contributed by atoms with Crippen molar-refractivity contribution in [2.45, 2.75) is 24.8 Å². The molecule has 0 bridgehead atoms. The minimum absolute atomic E-state index is 0. The summed E-state index contributed by atoms with van der Waals surface area (Å²) in [4.78, 5) is 15.5. The third kappa shape index (κ3) is 2.25. The Labute approximate surface area is 99.5 Å². The maximum Gasteiger partial charge on any atom is 0.245 e. The summed E-state index contributed by atoms with van der Waals surface area (Å²) in [5.41, 5.74) is 5.05. The highest BCUT2D eigenvalue weighted by Crippen LogP contribution is 2.31. The van der Waals surface area contributed by atoms with E-state index in [4.69, 9.17) is 5.73 Å². The molecule has 0 spiro atoms. The molecule has 0 radical (unpaired) electrons. The number of hydrogen-bond acceptors (Lipinski definition) is 4. The van der Waals surface area contributed by atoms with Gasteiger partial charge in [0.25, 0.3) is 0 Å². The number of rotatable bonds is 2. The van der Waals surface area contributed by atoms with Crippen LogP contribution in [0.4, 0.5) is 5.82 Å². The van der Waals surface area contributed by atoms with Crippen LogP contribution in [0.5, 0.6) is 5.75 Å². The first-order valence-electron chi connectivity index (χ1n) is 4.86. The van der Waals surface area contributed by atoms with E-state index in [9.17, 15) is 9.90 Å². The van der Waals surface area contributed by atoms with E-state index in [1.54, 1.807) is 6.07 Å².